The molecule has 4 nitrogen and oxygen atoms in total. The largest absolute Gasteiger partial charge is 0.340 e. The fraction of sp³-hybridized carbons (Fsp3) is 0.308. The van der Waals surface area contributed by atoms with Crippen LogP contribution in [0.3, 0.4) is 0 Å². The first-order valence-corrected chi connectivity index (χ1v) is 6.20. The van der Waals surface area contributed by atoms with Crippen molar-refractivity contribution in [2.24, 2.45) is 0 Å². The Balaban J connectivity index is 2.90. The van der Waals surface area contributed by atoms with E-state index in [2.05, 4.69) is 5.32 Å². The lowest BCUT2D eigenvalue weighted by Crippen LogP contribution is -2.49. The van der Waals surface area contributed by atoms with Gasteiger partial charge in [-0.2, -0.15) is 5.26 Å². The molecule has 0 fully saturated rings. The van der Waals surface area contributed by atoms with Crippen LogP contribution in [0.4, 0.5) is 0 Å². The van der Waals surface area contributed by atoms with E-state index in [0.717, 1.165) is 0 Å². The maximum atomic E-state index is 12.0. The Morgan fingerprint density at radius 1 is 1.26 bits per heavy atom. The average Bonchev–Trinajstić information content (AvgIpc) is 2.27. The van der Waals surface area contributed by atoms with E-state index in [1.165, 1.54) is 32.0 Å². The second kappa shape index (κ2) is 6.05. The number of nitrogens with zero attached hydrogens (tertiary/aromatic N) is 1. The molecule has 0 saturated heterocycles. The van der Waals surface area contributed by atoms with Crippen LogP contribution in [0, 0.1) is 11.3 Å². The highest BCUT2D eigenvalue weighted by Gasteiger charge is 2.29. The summed E-state index contributed by atoms with van der Waals surface area (Å²) < 4.78 is 0. The van der Waals surface area contributed by atoms with Crippen LogP contribution < -0.4 is 5.32 Å². The summed E-state index contributed by atoms with van der Waals surface area (Å²) in [5.74, 6) is -0.836. The zero-order valence-electron chi connectivity index (χ0n) is 10.5. The quantitative estimate of drug-likeness (QED) is 0.929. The van der Waals surface area contributed by atoms with Gasteiger partial charge in [0.25, 0.3) is 5.91 Å². The standard InChI is InChI=1S/C13H12Cl2N2O2/c1-13(2,11(18)3-4-16)17-12(19)8-5-9(14)7-10(15)6-8/h5-7H,3H2,1-2H3,(H,17,19). The number of benzene rings is 1. The molecule has 0 aromatic heterocycles. The number of hydrogen-bond donors (Lipinski definition) is 1. The molecular formula is C13H12Cl2N2O2. The summed E-state index contributed by atoms with van der Waals surface area (Å²) in [7, 11) is 0. The molecule has 1 N–H and O–H groups in total. The van der Waals surface area contributed by atoms with Crippen LogP contribution in [0.5, 0.6) is 0 Å². The Labute approximate surface area is 121 Å². The molecule has 19 heavy (non-hydrogen) atoms. The second-order valence-electron chi connectivity index (χ2n) is 4.50. The van der Waals surface area contributed by atoms with E-state index >= 15 is 0 Å². The molecule has 6 heteroatoms. The summed E-state index contributed by atoms with van der Waals surface area (Å²) in [6, 6.07) is 6.17. The maximum Gasteiger partial charge on any atom is 0.252 e. The molecule has 0 heterocycles. The van der Waals surface area contributed by atoms with Gasteiger partial charge >= 0.3 is 0 Å². The summed E-state index contributed by atoms with van der Waals surface area (Å²) in [6.07, 6.45) is -0.260. The predicted molar refractivity (Wildman–Crippen MR) is 73.2 cm³/mol. The topological polar surface area (TPSA) is 70.0 Å². The first-order valence-electron chi connectivity index (χ1n) is 5.45. The van der Waals surface area contributed by atoms with Gasteiger partial charge < -0.3 is 5.32 Å². The second-order valence-corrected chi connectivity index (χ2v) is 5.37. The van der Waals surface area contributed by atoms with Gasteiger partial charge in [-0.05, 0) is 32.0 Å². The number of carbonyl (C=O) groups is 2. The number of amides is 1. The van der Waals surface area contributed by atoms with Crippen LogP contribution in [-0.2, 0) is 4.79 Å². The lowest BCUT2D eigenvalue weighted by molar-refractivity contribution is -0.123. The van der Waals surface area contributed by atoms with Gasteiger partial charge in [-0.3, -0.25) is 9.59 Å². The van der Waals surface area contributed by atoms with Crippen molar-refractivity contribution in [1.82, 2.24) is 5.32 Å². The fourth-order valence-electron chi connectivity index (χ4n) is 1.40. The monoisotopic (exact) mass is 298 g/mol. The summed E-state index contributed by atoms with van der Waals surface area (Å²) in [5.41, 5.74) is -0.864. The lowest BCUT2D eigenvalue weighted by Gasteiger charge is -2.23. The Kier molecular flexibility index (Phi) is 4.93. The number of ketones is 1. The van der Waals surface area contributed by atoms with E-state index in [-0.39, 0.29) is 17.8 Å². The molecule has 0 spiro atoms. The van der Waals surface area contributed by atoms with Crippen molar-refractivity contribution < 1.29 is 9.59 Å². The first kappa shape index (κ1) is 15.5. The number of nitrogens with one attached hydrogen (secondary N) is 1. The molecule has 1 aromatic carbocycles. The minimum Gasteiger partial charge on any atom is -0.340 e. The molecule has 0 saturated carbocycles. The minimum atomic E-state index is -1.12. The van der Waals surface area contributed by atoms with E-state index in [1.807, 2.05) is 0 Å². The van der Waals surface area contributed by atoms with E-state index in [9.17, 15) is 9.59 Å². The van der Waals surface area contributed by atoms with Crippen LogP contribution in [0.1, 0.15) is 30.6 Å². The van der Waals surface area contributed by atoms with Gasteiger partial charge in [-0.25, -0.2) is 0 Å². The van der Waals surface area contributed by atoms with Crippen LogP contribution in [0.25, 0.3) is 0 Å². The SMILES string of the molecule is CC(C)(NC(=O)c1cc(Cl)cc(Cl)c1)C(=O)CC#N. The minimum absolute atomic E-state index is 0.260. The average molecular weight is 299 g/mol. The first-order chi connectivity index (χ1) is 8.76. The van der Waals surface area contributed by atoms with E-state index < -0.39 is 11.4 Å². The summed E-state index contributed by atoms with van der Waals surface area (Å²) in [5, 5.41) is 11.7. The van der Waals surface area contributed by atoms with Crippen LogP contribution in [-0.4, -0.2) is 17.2 Å². The third-order valence-electron chi connectivity index (χ3n) is 2.49. The Hall–Kier alpha value is -1.57. The van der Waals surface area contributed by atoms with Crippen LogP contribution >= 0.6 is 23.2 Å². The predicted octanol–water partition coefficient (Wildman–Crippen LogP) is 2.98. The number of halogens is 2. The Morgan fingerprint density at radius 2 is 1.79 bits per heavy atom. The van der Waals surface area contributed by atoms with Gasteiger partial charge in [0.15, 0.2) is 5.78 Å². The highest BCUT2D eigenvalue weighted by Crippen LogP contribution is 2.19. The van der Waals surface area contributed by atoms with Crippen LogP contribution in [0.15, 0.2) is 18.2 Å². The van der Waals surface area contributed by atoms with Crippen molar-refractivity contribution in [2.45, 2.75) is 25.8 Å². The van der Waals surface area contributed by atoms with Crippen molar-refractivity contribution in [3.63, 3.8) is 0 Å². The molecule has 0 atom stereocenters. The number of hydrogen-bond acceptors (Lipinski definition) is 3. The molecule has 1 rings (SSSR count). The number of rotatable bonds is 4. The molecule has 0 unspecified atom stereocenters. The molecule has 0 aliphatic heterocycles. The number of carbonyl (C=O) groups excluding carboxylic acids is 2. The van der Waals surface area contributed by atoms with Gasteiger partial charge in [-0.1, -0.05) is 23.2 Å². The molecular weight excluding hydrogens is 287 g/mol. The lowest BCUT2D eigenvalue weighted by atomic mass is 9.96. The van der Waals surface area contributed by atoms with Crippen molar-refractivity contribution in [1.29, 1.82) is 5.26 Å². The van der Waals surface area contributed by atoms with Crippen molar-refractivity contribution in [2.75, 3.05) is 0 Å². The van der Waals surface area contributed by atoms with E-state index in [0.29, 0.717) is 10.0 Å². The van der Waals surface area contributed by atoms with Gasteiger partial charge in [-0.15, -0.1) is 0 Å². The highest BCUT2D eigenvalue weighted by atomic mass is 35.5. The zero-order valence-corrected chi connectivity index (χ0v) is 12.0. The molecule has 0 bridgehead atoms. The van der Waals surface area contributed by atoms with Gasteiger partial charge in [0.1, 0.15) is 0 Å². The third-order valence-corrected chi connectivity index (χ3v) is 2.92. The van der Waals surface area contributed by atoms with Crippen molar-refractivity contribution in [3.8, 4) is 6.07 Å². The molecule has 1 aromatic rings. The Bertz CT molecular complexity index is 542. The molecule has 1 amide bonds. The summed E-state index contributed by atoms with van der Waals surface area (Å²) in [6.45, 7) is 3.08. The van der Waals surface area contributed by atoms with Gasteiger partial charge in [0, 0.05) is 15.6 Å². The summed E-state index contributed by atoms with van der Waals surface area (Å²) >= 11 is 11.6. The smallest absolute Gasteiger partial charge is 0.252 e. The molecule has 0 radical (unpaired) electrons. The maximum absolute atomic E-state index is 12.0. The van der Waals surface area contributed by atoms with Gasteiger partial charge in [0.2, 0.25) is 0 Å². The number of nitriles is 1. The normalized spacial score (nSPS) is 10.7. The number of Topliss-reactive ketones (excluding diaryl/α,β-unsaturated/α-hetero) is 1. The van der Waals surface area contributed by atoms with Crippen molar-refractivity contribution in [3.05, 3.63) is 33.8 Å². The molecule has 100 valence electrons. The van der Waals surface area contributed by atoms with E-state index in [4.69, 9.17) is 28.5 Å². The third kappa shape index (κ3) is 4.23. The molecule has 0 aliphatic rings. The summed E-state index contributed by atoms with van der Waals surface area (Å²) in [4.78, 5) is 23.7. The zero-order chi connectivity index (χ0) is 14.6. The fourth-order valence-corrected chi connectivity index (χ4v) is 1.93. The Morgan fingerprint density at radius 3 is 2.26 bits per heavy atom. The van der Waals surface area contributed by atoms with Crippen LogP contribution in [0.2, 0.25) is 10.0 Å². The molecule has 0 aliphatic carbocycles. The van der Waals surface area contributed by atoms with Gasteiger partial charge in [0.05, 0.1) is 18.0 Å². The highest BCUT2D eigenvalue weighted by molar-refractivity contribution is 6.35. The van der Waals surface area contributed by atoms with Crippen molar-refractivity contribution >= 4 is 34.9 Å². The van der Waals surface area contributed by atoms with E-state index in [1.54, 1.807) is 6.07 Å².